The first-order chi connectivity index (χ1) is 9.17. The molecule has 1 N–H and O–H groups in total. The van der Waals surface area contributed by atoms with E-state index < -0.39 is 0 Å². The number of hydrogen-bond acceptors (Lipinski definition) is 4. The first-order valence-corrected chi connectivity index (χ1v) is 6.15. The summed E-state index contributed by atoms with van der Waals surface area (Å²) in [6.07, 6.45) is 4.63. The number of benzene rings is 1. The van der Waals surface area contributed by atoms with Gasteiger partial charge in [0.05, 0.1) is 13.5 Å². The van der Waals surface area contributed by atoms with Crippen molar-refractivity contribution in [1.29, 1.82) is 0 Å². The van der Waals surface area contributed by atoms with Crippen molar-refractivity contribution in [2.75, 3.05) is 13.7 Å². The van der Waals surface area contributed by atoms with Gasteiger partial charge in [0, 0.05) is 18.6 Å². The summed E-state index contributed by atoms with van der Waals surface area (Å²) in [5, 5.41) is 8.65. The number of rotatable bonds is 7. The van der Waals surface area contributed by atoms with Gasteiger partial charge in [0.25, 0.3) is 0 Å². The summed E-state index contributed by atoms with van der Waals surface area (Å²) in [6, 6.07) is 7.13. The number of esters is 1. The van der Waals surface area contributed by atoms with Crippen molar-refractivity contribution in [2.24, 2.45) is 0 Å². The zero-order valence-electron chi connectivity index (χ0n) is 11.0. The highest BCUT2D eigenvalue weighted by molar-refractivity contribution is 5.97. The summed E-state index contributed by atoms with van der Waals surface area (Å²) in [4.78, 5) is 22.7. The van der Waals surface area contributed by atoms with E-state index in [0.717, 1.165) is 5.56 Å². The zero-order chi connectivity index (χ0) is 14.1. The third-order valence-corrected chi connectivity index (χ3v) is 2.62. The Kier molecular flexibility index (Phi) is 6.53. The van der Waals surface area contributed by atoms with Crippen LogP contribution in [-0.4, -0.2) is 30.6 Å². The number of methoxy groups -OCH3 is 1. The normalized spacial score (nSPS) is 10.6. The van der Waals surface area contributed by atoms with Crippen LogP contribution in [0, 0.1) is 0 Å². The number of ether oxygens (including phenoxy) is 1. The van der Waals surface area contributed by atoms with Gasteiger partial charge in [-0.25, -0.2) is 0 Å². The van der Waals surface area contributed by atoms with E-state index in [0.29, 0.717) is 12.0 Å². The summed E-state index contributed by atoms with van der Waals surface area (Å²) >= 11 is 0. The fraction of sp³-hybridized carbons (Fsp3) is 0.333. The number of hydrogen-bond donors (Lipinski definition) is 1. The minimum Gasteiger partial charge on any atom is -0.469 e. The van der Waals surface area contributed by atoms with Gasteiger partial charge < -0.3 is 9.84 Å². The third-order valence-electron chi connectivity index (χ3n) is 2.62. The maximum Gasteiger partial charge on any atom is 0.305 e. The van der Waals surface area contributed by atoms with Crippen LogP contribution in [-0.2, 0) is 9.53 Å². The van der Waals surface area contributed by atoms with E-state index >= 15 is 0 Å². The van der Waals surface area contributed by atoms with Gasteiger partial charge in [0.2, 0.25) is 0 Å². The molecule has 0 aromatic heterocycles. The van der Waals surface area contributed by atoms with E-state index in [-0.39, 0.29) is 31.2 Å². The standard InChI is InChI=1S/C15H18O4/c1-19-15(18)10-9-14(17)13-7-5-12(6-8-13)4-2-3-11-16/h2,4-8,16H,3,9-11H2,1H3. The molecule has 0 aliphatic rings. The Morgan fingerprint density at radius 1 is 1.21 bits per heavy atom. The maximum absolute atomic E-state index is 11.8. The highest BCUT2D eigenvalue weighted by Gasteiger charge is 2.08. The summed E-state index contributed by atoms with van der Waals surface area (Å²) < 4.78 is 4.49. The molecule has 0 saturated carbocycles. The van der Waals surface area contributed by atoms with Gasteiger partial charge in [0.15, 0.2) is 5.78 Å². The van der Waals surface area contributed by atoms with Crippen molar-refractivity contribution in [3.05, 3.63) is 41.5 Å². The van der Waals surface area contributed by atoms with Gasteiger partial charge in [-0.3, -0.25) is 9.59 Å². The molecule has 0 spiro atoms. The van der Waals surface area contributed by atoms with E-state index in [1.54, 1.807) is 12.1 Å². The molecule has 1 aromatic rings. The maximum atomic E-state index is 11.8. The lowest BCUT2D eigenvalue weighted by atomic mass is 10.0. The van der Waals surface area contributed by atoms with Crippen LogP contribution in [0.25, 0.3) is 6.08 Å². The first kappa shape index (κ1) is 15.1. The molecule has 0 bridgehead atoms. The van der Waals surface area contributed by atoms with E-state index in [1.165, 1.54) is 7.11 Å². The molecule has 19 heavy (non-hydrogen) atoms. The largest absolute Gasteiger partial charge is 0.469 e. The van der Waals surface area contributed by atoms with Gasteiger partial charge in [-0.2, -0.15) is 0 Å². The van der Waals surface area contributed by atoms with Gasteiger partial charge in [-0.15, -0.1) is 0 Å². The number of aliphatic hydroxyl groups is 1. The second kappa shape index (κ2) is 8.21. The van der Waals surface area contributed by atoms with Crippen molar-refractivity contribution in [3.63, 3.8) is 0 Å². The SMILES string of the molecule is COC(=O)CCC(=O)c1ccc(C=CCCO)cc1. The Labute approximate surface area is 112 Å². The van der Waals surface area contributed by atoms with Crippen molar-refractivity contribution >= 4 is 17.8 Å². The van der Waals surface area contributed by atoms with Crippen LogP contribution >= 0.6 is 0 Å². The zero-order valence-corrected chi connectivity index (χ0v) is 11.0. The molecule has 4 heteroatoms. The average Bonchev–Trinajstić information content (AvgIpc) is 2.45. The van der Waals surface area contributed by atoms with E-state index in [9.17, 15) is 9.59 Å². The number of carbonyl (C=O) groups excluding carboxylic acids is 2. The Bertz CT molecular complexity index is 446. The van der Waals surface area contributed by atoms with E-state index in [4.69, 9.17) is 5.11 Å². The predicted octanol–water partition coefficient (Wildman–Crippen LogP) is 2.22. The topological polar surface area (TPSA) is 63.6 Å². The molecule has 0 aliphatic carbocycles. The van der Waals surface area contributed by atoms with E-state index in [2.05, 4.69) is 4.74 Å². The Balaban J connectivity index is 2.55. The molecule has 0 aliphatic heterocycles. The number of Topliss-reactive ketones (excluding diaryl/α,β-unsaturated/α-hetero) is 1. The second-order valence-electron chi connectivity index (χ2n) is 4.04. The Morgan fingerprint density at radius 3 is 2.47 bits per heavy atom. The lowest BCUT2D eigenvalue weighted by Gasteiger charge is -2.01. The fourth-order valence-electron chi connectivity index (χ4n) is 1.54. The molecular formula is C15H18O4. The van der Waals surface area contributed by atoms with Crippen LogP contribution < -0.4 is 0 Å². The van der Waals surface area contributed by atoms with Gasteiger partial charge in [-0.1, -0.05) is 36.4 Å². The molecule has 4 nitrogen and oxygen atoms in total. The molecule has 1 rings (SSSR count). The van der Waals surface area contributed by atoms with Crippen LogP contribution in [0.15, 0.2) is 30.3 Å². The Morgan fingerprint density at radius 2 is 1.89 bits per heavy atom. The lowest BCUT2D eigenvalue weighted by molar-refractivity contribution is -0.140. The van der Waals surface area contributed by atoms with Crippen LogP contribution in [0.5, 0.6) is 0 Å². The van der Waals surface area contributed by atoms with Gasteiger partial charge >= 0.3 is 5.97 Å². The quantitative estimate of drug-likeness (QED) is 0.604. The highest BCUT2D eigenvalue weighted by Crippen LogP contribution is 2.10. The number of carbonyl (C=O) groups is 2. The molecule has 0 atom stereocenters. The molecule has 1 aromatic carbocycles. The minimum absolute atomic E-state index is 0.0729. The molecule has 0 saturated heterocycles. The second-order valence-corrected chi connectivity index (χ2v) is 4.04. The van der Waals surface area contributed by atoms with Gasteiger partial charge in [0.1, 0.15) is 0 Å². The van der Waals surface area contributed by atoms with Crippen LogP contribution in [0.2, 0.25) is 0 Å². The number of ketones is 1. The third kappa shape index (κ3) is 5.48. The summed E-state index contributed by atoms with van der Waals surface area (Å²) in [5.74, 6) is -0.451. The molecule has 0 radical (unpaired) electrons. The molecule has 0 unspecified atom stereocenters. The molecule has 0 heterocycles. The highest BCUT2D eigenvalue weighted by atomic mass is 16.5. The van der Waals surface area contributed by atoms with Crippen LogP contribution in [0.1, 0.15) is 35.2 Å². The molecule has 102 valence electrons. The molecule has 0 fully saturated rings. The number of aliphatic hydroxyl groups excluding tert-OH is 1. The minimum atomic E-state index is -0.378. The fourth-order valence-corrected chi connectivity index (χ4v) is 1.54. The lowest BCUT2D eigenvalue weighted by Crippen LogP contribution is -2.05. The predicted molar refractivity (Wildman–Crippen MR) is 72.8 cm³/mol. The molecule has 0 amide bonds. The van der Waals surface area contributed by atoms with Crippen LogP contribution in [0.4, 0.5) is 0 Å². The van der Waals surface area contributed by atoms with Crippen molar-refractivity contribution in [1.82, 2.24) is 0 Å². The van der Waals surface area contributed by atoms with Crippen molar-refractivity contribution in [3.8, 4) is 0 Å². The van der Waals surface area contributed by atoms with Crippen molar-refractivity contribution in [2.45, 2.75) is 19.3 Å². The van der Waals surface area contributed by atoms with Crippen LogP contribution in [0.3, 0.4) is 0 Å². The summed E-state index contributed by atoms with van der Waals surface area (Å²) in [7, 11) is 1.31. The summed E-state index contributed by atoms with van der Waals surface area (Å²) in [6.45, 7) is 0.126. The average molecular weight is 262 g/mol. The Hall–Kier alpha value is -1.94. The van der Waals surface area contributed by atoms with Gasteiger partial charge in [-0.05, 0) is 12.0 Å². The van der Waals surface area contributed by atoms with Crippen molar-refractivity contribution < 1.29 is 19.4 Å². The van der Waals surface area contributed by atoms with E-state index in [1.807, 2.05) is 24.3 Å². The monoisotopic (exact) mass is 262 g/mol. The smallest absolute Gasteiger partial charge is 0.305 e. The first-order valence-electron chi connectivity index (χ1n) is 6.15. The summed E-state index contributed by atoms with van der Waals surface area (Å²) in [5.41, 5.74) is 1.56. The molecular weight excluding hydrogens is 244 g/mol.